The summed E-state index contributed by atoms with van der Waals surface area (Å²) >= 11 is 0. The van der Waals surface area contributed by atoms with Crippen molar-refractivity contribution < 1.29 is 14.4 Å². The Kier molecular flexibility index (Phi) is 7.67. The zero-order valence-corrected chi connectivity index (χ0v) is 16.3. The molecule has 0 heterocycles. The summed E-state index contributed by atoms with van der Waals surface area (Å²) in [4.78, 5) is 14.1. The minimum absolute atomic E-state index is 0.0881. The molecule has 26 heavy (non-hydrogen) atoms. The minimum Gasteiger partial charge on any atom is -0.497 e. The summed E-state index contributed by atoms with van der Waals surface area (Å²) < 4.78 is 5.24. The molecule has 2 atom stereocenters. The highest BCUT2D eigenvalue weighted by atomic mass is 16.5. The first-order valence-electron chi connectivity index (χ1n) is 9.33. The first kappa shape index (κ1) is 20.0. The second-order valence-electron chi connectivity index (χ2n) is 6.90. The highest BCUT2D eigenvalue weighted by molar-refractivity contribution is 5.83. The average molecular weight is 356 g/mol. The lowest BCUT2D eigenvalue weighted by molar-refractivity contribution is -0.890. The van der Waals surface area contributed by atoms with E-state index >= 15 is 0 Å². The third kappa shape index (κ3) is 5.33. The molecule has 0 unspecified atom stereocenters. The zero-order valence-electron chi connectivity index (χ0n) is 16.3. The van der Waals surface area contributed by atoms with Crippen molar-refractivity contribution in [2.45, 2.75) is 31.7 Å². The van der Waals surface area contributed by atoms with E-state index in [0.29, 0.717) is 6.54 Å². The van der Waals surface area contributed by atoms with Crippen LogP contribution in [0.1, 0.15) is 42.9 Å². The number of carbonyl (C=O) groups is 1. The monoisotopic (exact) mass is 355 g/mol. The standard InChI is InChI=1S/C22H30N2O2/c1-5-9-20(17-10-7-6-8-11-17)22(25)23-16-21(24(2)3)18-12-14-19(26-4)15-13-18/h6-8,10-15,20-21H,5,9,16H2,1-4H3,(H,23,25)/p+1/t20-,21+/m1/s1. The fraction of sp³-hybridized carbons (Fsp3) is 0.409. The topological polar surface area (TPSA) is 42.8 Å². The lowest BCUT2D eigenvalue weighted by Gasteiger charge is -2.24. The number of hydrogen-bond donors (Lipinski definition) is 2. The molecule has 0 fully saturated rings. The molecule has 0 saturated carbocycles. The van der Waals surface area contributed by atoms with Crippen LogP contribution < -0.4 is 15.0 Å². The summed E-state index contributed by atoms with van der Waals surface area (Å²) in [6, 6.07) is 18.3. The fourth-order valence-electron chi connectivity index (χ4n) is 3.24. The zero-order chi connectivity index (χ0) is 18.9. The van der Waals surface area contributed by atoms with E-state index in [9.17, 15) is 4.79 Å². The number of ether oxygens (including phenoxy) is 1. The quantitative estimate of drug-likeness (QED) is 0.726. The summed E-state index contributed by atoms with van der Waals surface area (Å²) in [5.41, 5.74) is 2.28. The van der Waals surface area contributed by atoms with Gasteiger partial charge in [-0.2, -0.15) is 0 Å². The molecule has 140 valence electrons. The van der Waals surface area contributed by atoms with Gasteiger partial charge in [0.05, 0.1) is 33.7 Å². The van der Waals surface area contributed by atoms with Gasteiger partial charge in [0.25, 0.3) is 0 Å². The molecule has 0 aliphatic heterocycles. The van der Waals surface area contributed by atoms with Crippen molar-refractivity contribution >= 4 is 5.91 Å². The molecular weight excluding hydrogens is 324 g/mol. The molecule has 0 aromatic heterocycles. The van der Waals surface area contributed by atoms with Gasteiger partial charge in [-0.3, -0.25) is 4.79 Å². The molecule has 1 amide bonds. The van der Waals surface area contributed by atoms with E-state index in [1.165, 1.54) is 10.5 Å². The lowest BCUT2D eigenvalue weighted by atomic mass is 9.93. The van der Waals surface area contributed by atoms with Crippen molar-refractivity contribution in [1.29, 1.82) is 0 Å². The van der Waals surface area contributed by atoms with Crippen LogP contribution in [0.4, 0.5) is 0 Å². The summed E-state index contributed by atoms with van der Waals surface area (Å²) in [5.74, 6) is 0.866. The van der Waals surface area contributed by atoms with Crippen LogP contribution in [0.2, 0.25) is 0 Å². The molecule has 0 bridgehead atoms. The number of amides is 1. The number of nitrogens with one attached hydrogen (secondary N) is 2. The van der Waals surface area contributed by atoms with Gasteiger partial charge in [-0.1, -0.05) is 43.7 Å². The smallest absolute Gasteiger partial charge is 0.227 e. The van der Waals surface area contributed by atoms with Crippen molar-refractivity contribution in [2.24, 2.45) is 0 Å². The van der Waals surface area contributed by atoms with Crippen LogP contribution in [0.3, 0.4) is 0 Å². The average Bonchev–Trinajstić information content (AvgIpc) is 2.67. The number of methoxy groups -OCH3 is 1. The largest absolute Gasteiger partial charge is 0.497 e. The third-order valence-electron chi connectivity index (χ3n) is 4.79. The second kappa shape index (κ2) is 9.97. The van der Waals surface area contributed by atoms with Gasteiger partial charge in [-0.25, -0.2) is 0 Å². The molecule has 0 radical (unpaired) electrons. The van der Waals surface area contributed by atoms with E-state index in [4.69, 9.17) is 4.74 Å². The van der Waals surface area contributed by atoms with Crippen LogP contribution in [0.25, 0.3) is 0 Å². The number of benzene rings is 2. The van der Waals surface area contributed by atoms with Gasteiger partial charge in [-0.15, -0.1) is 0 Å². The van der Waals surface area contributed by atoms with Crippen LogP contribution in [-0.2, 0) is 4.79 Å². The van der Waals surface area contributed by atoms with Crippen LogP contribution in [-0.4, -0.2) is 33.7 Å². The molecule has 2 aromatic carbocycles. The predicted molar refractivity (Wildman–Crippen MR) is 106 cm³/mol. The number of hydrogen-bond acceptors (Lipinski definition) is 2. The lowest BCUT2D eigenvalue weighted by Crippen LogP contribution is -3.07. The van der Waals surface area contributed by atoms with E-state index in [1.54, 1.807) is 7.11 Å². The molecule has 0 saturated heterocycles. The normalized spacial score (nSPS) is 13.3. The van der Waals surface area contributed by atoms with Crippen molar-refractivity contribution in [3.8, 4) is 5.75 Å². The molecule has 4 nitrogen and oxygen atoms in total. The van der Waals surface area contributed by atoms with Crippen LogP contribution in [0.5, 0.6) is 5.75 Å². The Labute approximate surface area is 157 Å². The van der Waals surface area contributed by atoms with Crippen LogP contribution in [0.15, 0.2) is 54.6 Å². The van der Waals surface area contributed by atoms with E-state index in [0.717, 1.165) is 24.2 Å². The molecule has 0 spiro atoms. The maximum atomic E-state index is 12.9. The Morgan fingerprint density at radius 2 is 1.69 bits per heavy atom. The maximum absolute atomic E-state index is 12.9. The van der Waals surface area contributed by atoms with Gasteiger partial charge in [0.15, 0.2) is 0 Å². The van der Waals surface area contributed by atoms with Gasteiger partial charge < -0.3 is 15.0 Å². The molecule has 2 N–H and O–H groups in total. The first-order valence-corrected chi connectivity index (χ1v) is 9.33. The minimum atomic E-state index is -0.0881. The second-order valence-corrected chi connectivity index (χ2v) is 6.90. The van der Waals surface area contributed by atoms with Gasteiger partial charge in [0.2, 0.25) is 5.91 Å². The predicted octanol–water partition coefficient (Wildman–Crippen LogP) is 2.58. The number of carbonyl (C=O) groups excluding carboxylic acids is 1. The molecule has 4 heteroatoms. The van der Waals surface area contributed by atoms with Gasteiger partial charge in [0, 0.05) is 5.56 Å². The number of quaternary nitrogens is 1. The number of rotatable bonds is 9. The Morgan fingerprint density at radius 3 is 2.23 bits per heavy atom. The van der Waals surface area contributed by atoms with Gasteiger partial charge in [-0.05, 0) is 36.2 Å². The third-order valence-corrected chi connectivity index (χ3v) is 4.79. The van der Waals surface area contributed by atoms with Crippen molar-refractivity contribution in [3.05, 3.63) is 65.7 Å². The SMILES string of the molecule is CCC[C@@H](C(=O)NC[C@@H](c1ccc(OC)cc1)[NH+](C)C)c1ccccc1. The van der Waals surface area contributed by atoms with E-state index in [1.807, 2.05) is 42.5 Å². The Bertz CT molecular complexity index is 668. The summed E-state index contributed by atoms with van der Waals surface area (Å²) in [6.07, 6.45) is 1.84. The van der Waals surface area contributed by atoms with Crippen molar-refractivity contribution in [1.82, 2.24) is 5.32 Å². The van der Waals surface area contributed by atoms with Gasteiger partial charge >= 0.3 is 0 Å². The van der Waals surface area contributed by atoms with E-state index in [2.05, 4.69) is 38.5 Å². The number of likely N-dealkylation sites (N-methyl/N-ethyl adjacent to an activating group) is 1. The summed E-state index contributed by atoms with van der Waals surface area (Å²) in [5, 5.41) is 3.18. The van der Waals surface area contributed by atoms with E-state index < -0.39 is 0 Å². The van der Waals surface area contributed by atoms with Crippen LogP contribution in [0, 0.1) is 0 Å². The molecule has 2 aromatic rings. The fourth-order valence-corrected chi connectivity index (χ4v) is 3.24. The molecule has 0 aliphatic rings. The highest BCUT2D eigenvalue weighted by Gasteiger charge is 2.23. The maximum Gasteiger partial charge on any atom is 0.227 e. The molecule has 0 aliphatic carbocycles. The first-order chi connectivity index (χ1) is 12.6. The van der Waals surface area contributed by atoms with Crippen molar-refractivity contribution in [2.75, 3.05) is 27.7 Å². The molecule has 2 rings (SSSR count). The summed E-state index contributed by atoms with van der Waals surface area (Å²) in [7, 11) is 5.89. The van der Waals surface area contributed by atoms with Crippen molar-refractivity contribution in [3.63, 3.8) is 0 Å². The van der Waals surface area contributed by atoms with E-state index in [-0.39, 0.29) is 17.9 Å². The molecular formula is C22H31N2O2+. The highest BCUT2D eigenvalue weighted by Crippen LogP contribution is 2.22. The van der Waals surface area contributed by atoms with Crippen LogP contribution >= 0.6 is 0 Å². The Hall–Kier alpha value is -2.33. The van der Waals surface area contributed by atoms with Gasteiger partial charge in [0.1, 0.15) is 11.8 Å². The summed E-state index contributed by atoms with van der Waals surface area (Å²) in [6.45, 7) is 2.73. The Balaban J connectivity index is 2.07. The Morgan fingerprint density at radius 1 is 1.04 bits per heavy atom.